The standard InChI is InChI=1S/3Mg.2H3O5P/c;;;2*1-5-6(2,3)4/h;;;2*1H,(H2,2,3,4)/q3*+2;;/p-6. The van der Waals surface area contributed by atoms with Crippen LogP contribution in [0, 0.1) is 0 Å². The average Bonchev–Trinajstić information content (AvgIpc) is 1.86. The summed E-state index contributed by atoms with van der Waals surface area (Å²) in [5.41, 5.74) is 0. The molecule has 0 aromatic carbocycles. The number of hydrogen-bond donors (Lipinski definition) is 0. The summed E-state index contributed by atoms with van der Waals surface area (Å²) in [6, 6.07) is 0. The van der Waals surface area contributed by atoms with Crippen molar-refractivity contribution in [1.29, 1.82) is 0 Å². The van der Waals surface area contributed by atoms with Crippen LogP contribution in [0.3, 0.4) is 0 Å². The van der Waals surface area contributed by atoms with Gasteiger partial charge in [0.1, 0.15) is 0 Å². The van der Waals surface area contributed by atoms with Gasteiger partial charge in [-0.1, -0.05) is 0 Å². The van der Waals surface area contributed by atoms with Crippen molar-refractivity contribution < 1.29 is 48.6 Å². The molecule has 0 heterocycles. The zero-order valence-electron chi connectivity index (χ0n) is 7.10. The fourth-order valence-corrected chi connectivity index (χ4v) is 0. The van der Waals surface area contributed by atoms with E-state index in [4.69, 9.17) is 39.2 Å². The smallest absolute Gasteiger partial charge is 0.790 e. The quantitative estimate of drug-likeness (QED) is 0.204. The maximum Gasteiger partial charge on any atom is 2.00 e. The van der Waals surface area contributed by atoms with Gasteiger partial charge in [-0.05, 0) is 0 Å². The largest absolute Gasteiger partial charge is 2.00 e. The SMILES string of the molecule is O=P([O-])([O-])O[O-].O=P([O-])([O-])O[O-].[Mg+2].[Mg+2].[Mg+2]. The Labute approximate surface area is 132 Å². The minimum atomic E-state index is -5.20. The van der Waals surface area contributed by atoms with Crippen LogP contribution in [0.5, 0.6) is 0 Å². The van der Waals surface area contributed by atoms with Gasteiger partial charge in [0.25, 0.3) is 0 Å². The van der Waals surface area contributed by atoms with E-state index < -0.39 is 15.6 Å². The topological polar surface area (TPSA) is 191 Å². The summed E-state index contributed by atoms with van der Waals surface area (Å²) < 4.78 is 22.1. The van der Waals surface area contributed by atoms with Gasteiger partial charge in [-0.3, -0.25) is 0 Å². The van der Waals surface area contributed by atoms with E-state index in [9.17, 15) is 0 Å². The molecule has 0 radical (unpaired) electrons. The van der Waals surface area contributed by atoms with Crippen molar-refractivity contribution in [3.8, 4) is 0 Å². The van der Waals surface area contributed by atoms with Crippen LogP contribution in [-0.2, 0) is 18.5 Å². The monoisotopic (exact) mass is 294 g/mol. The molecule has 0 atom stereocenters. The molecule has 0 spiro atoms. The third-order valence-electron chi connectivity index (χ3n) is 0.183. The van der Waals surface area contributed by atoms with Crippen LogP contribution < -0.4 is 30.1 Å². The predicted molar refractivity (Wildman–Crippen MR) is 34.6 cm³/mol. The Morgan fingerprint density at radius 3 is 0.733 bits per heavy atom. The molecular weight excluding hydrogens is 295 g/mol. The van der Waals surface area contributed by atoms with Crippen molar-refractivity contribution in [3.05, 3.63) is 0 Å². The van der Waals surface area contributed by atoms with Crippen molar-refractivity contribution >= 4 is 84.8 Å². The van der Waals surface area contributed by atoms with Gasteiger partial charge in [-0.25, -0.2) is 0 Å². The van der Waals surface area contributed by atoms with Crippen molar-refractivity contribution in [2.75, 3.05) is 0 Å². The molecule has 0 saturated heterocycles. The van der Waals surface area contributed by atoms with E-state index in [0.717, 1.165) is 0 Å². The molecule has 10 nitrogen and oxygen atoms in total. The van der Waals surface area contributed by atoms with Gasteiger partial charge >= 0.3 is 69.2 Å². The summed E-state index contributed by atoms with van der Waals surface area (Å²) in [4.78, 5) is 35.8. The Morgan fingerprint density at radius 2 is 0.733 bits per heavy atom. The fourth-order valence-electron chi connectivity index (χ4n) is 0. The van der Waals surface area contributed by atoms with E-state index in [1.54, 1.807) is 0 Å². The maximum absolute atomic E-state index is 8.94. The Kier molecular flexibility index (Phi) is 29.4. The number of phosphoric acid groups is 2. The predicted octanol–water partition coefficient (Wildman–Crippen LogP) is -6.93. The molecule has 0 aromatic heterocycles. The maximum atomic E-state index is 8.94. The molecule has 0 bridgehead atoms. The summed E-state index contributed by atoms with van der Waals surface area (Å²) in [6.45, 7) is 0. The molecule has 0 fully saturated rings. The first-order valence-corrected chi connectivity index (χ1v) is 4.72. The molecule has 76 valence electrons. The number of rotatable bonds is 2. The van der Waals surface area contributed by atoms with Crippen LogP contribution in [0.4, 0.5) is 0 Å². The van der Waals surface area contributed by atoms with Crippen molar-refractivity contribution in [3.63, 3.8) is 0 Å². The van der Waals surface area contributed by atoms with Crippen molar-refractivity contribution in [1.82, 2.24) is 0 Å². The van der Waals surface area contributed by atoms with Crippen LogP contribution >= 0.6 is 15.6 Å². The van der Waals surface area contributed by atoms with Crippen LogP contribution in [0.25, 0.3) is 0 Å². The van der Waals surface area contributed by atoms with Gasteiger partial charge in [0.05, 0.1) is 0 Å². The first-order chi connectivity index (χ1) is 5.12. The molecule has 0 aliphatic heterocycles. The second-order valence-electron chi connectivity index (χ2n) is 1.04. The Morgan fingerprint density at radius 1 is 0.667 bits per heavy atom. The minimum Gasteiger partial charge on any atom is -0.790 e. The summed E-state index contributed by atoms with van der Waals surface area (Å²) in [5, 5.41) is 17.1. The summed E-state index contributed by atoms with van der Waals surface area (Å²) in [5.74, 6) is 0. The summed E-state index contributed by atoms with van der Waals surface area (Å²) in [6.07, 6.45) is 0. The van der Waals surface area contributed by atoms with E-state index in [2.05, 4.69) is 9.35 Å². The fraction of sp³-hybridized carbons (Fsp3) is 0. The summed E-state index contributed by atoms with van der Waals surface area (Å²) >= 11 is 0. The Balaban J connectivity index is -0.0000000370. The molecule has 0 aliphatic rings. The minimum absolute atomic E-state index is 0. The van der Waals surface area contributed by atoms with Crippen molar-refractivity contribution in [2.45, 2.75) is 0 Å². The molecule has 15 heteroatoms. The average molecular weight is 295 g/mol. The molecule has 0 rings (SSSR count). The van der Waals surface area contributed by atoms with Gasteiger partial charge in [0.2, 0.25) is 0 Å². The van der Waals surface area contributed by atoms with Crippen molar-refractivity contribution in [2.24, 2.45) is 0 Å². The van der Waals surface area contributed by atoms with E-state index in [-0.39, 0.29) is 69.2 Å². The van der Waals surface area contributed by atoms with E-state index >= 15 is 0 Å². The molecule has 0 N–H and O–H groups in total. The zero-order chi connectivity index (χ0) is 10.4. The van der Waals surface area contributed by atoms with E-state index in [0.29, 0.717) is 0 Å². The zero-order valence-corrected chi connectivity index (χ0v) is 13.1. The van der Waals surface area contributed by atoms with E-state index in [1.807, 2.05) is 0 Å². The normalized spacial score (nSPS) is 9.47. The molecule has 0 aromatic rings. The van der Waals surface area contributed by atoms with Gasteiger partial charge < -0.3 is 48.6 Å². The second-order valence-corrected chi connectivity index (χ2v) is 3.13. The van der Waals surface area contributed by atoms with Gasteiger partial charge in [0.15, 0.2) is 0 Å². The molecule has 15 heavy (non-hydrogen) atoms. The molecule has 0 saturated carbocycles. The third-order valence-corrected chi connectivity index (χ3v) is 0.548. The summed E-state index contributed by atoms with van der Waals surface area (Å²) in [7, 11) is -10.4. The third kappa shape index (κ3) is 48.1. The van der Waals surface area contributed by atoms with Gasteiger partial charge in [-0.2, -0.15) is 0 Å². The molecule has 0 aliphatic carbocycles. The Bertz CT molecular complexity index is 169. The molecule has 0 unspecified atom stereocenters. The van der Waals surface area contributed by atoms with E-state index in [1.165, 1.54) is 0 Å². The first kappa shape index (κ1) is 30.5. The Hall–Kier alpha value is 2.44. The molecular formula is Mg3O10P2. The van der Waals surface area contributed by atoms with Gasteiger partial charge in [-0.15, -0.1) is 0 Å². The molecule has 0 amide bonds. The number of hydrogen-bond acceptors (Lipinski definition) is 10. The van der Waals surface area contributed by atoms with Crippen LogP contribution in [0.1, 0.15) is 0 Å². The van der Waals surface area contributed by atoms with Crippen LogP contribution in [0.15, 0.2) is 0 Å². The first-order valence-electron chi connectivity index (χ1n) is 1.79. The van der Waals surface area contributed by atoms with Crippen LogP contribution in [0.2, 0.25) is 0 Å². The second kappa shape index (κ2) is 14.5. The van der Waals surface area contributed by atoms with Gasteiger partial charge in [0, 0.05) is 15.6 Å². The van der Waals surface area contributed by atoms with Crippen LogP contribution in [-0.4, -0.2) is 69.2 Å².